The first-order valence-electron chi connectivity index (χ1n) is 9.27. The smallest absolute Gasteiger partial charge is 0.245 e. The van der Waals surface area contributed by atoms with Gasteiger partial charge in [-0.15, -0.1) is 0 Å². The topological polar surface area (TPSA) is 56.4 Å². The molecule has 1 aromatic heterocycles. The molecule has 3 heterocycles. The molecule has 3 aromatic rings. The monoisotopic (exact) mass is 359 g/mol. The molecule has 2 aliphatic heterocycles. The van der Waals surface area contributed by atoms with Gasteiger partial charge in [-0.2, -0.15) is 0 Å². The summed E-state index contributed by atoms with van der Waals surface area (Å²) >= 11 is 0. The minimum atomic E-state index is -0.450. The Morgan fingerprint density at radius 1 is 1.04 bits per heavy atom. The number of piperazine rings is 1. The summed E-state index contributed by atoms with van der Waals surface area (Å²) in [5.41, 5.74) is 5.43. The SMILES string of the molecule is Cc1ccc([C@H]2c3[nH]c4ccccc4c3C[C@H]3C(=O)N(C)CC(=O)N23)cc1. The van der Waals surface area contributed by atoms with E-state index in [2.05, 4.69) is 41.4 Å². The van der Waals surface area contributed by atoms with Gasteiger partial charge in [0.1, 0.15) is 6.04 Å². The van der Waals surface area contributed by atoms with Crippen molar-refractivity contribution in [2.45, 2.75) is 25.4 Å². The van der Waals surface area contributed by atoms with E-state index in [-0.39, 0.29) is 24.4 Å². The molecule has 2 aliphatic rings. The van der Waals surface area contributed by atoms with E-state index in [0.29, 0.717) is 6.42 Å². The number of hydrogen-bond acceptors (Lipinski definition) is 2. The number of nitrogens with zero attached hydrogens (tertiary/aromatic N) is 2. The van der Waals surface area contributed by atoms with Gasteiger partial charge in [0, 0.05) is 30.1 Å². The number of benzene rings is 2. The molecule has 5 nitrogen and oxygen atoms in total. The largest absolute Gasteiger partial charge is 0.356 e. The van der Waals surface area contributed by atoms with Crippen LogP contribution in [0.1, 0.15) is 28.4 Å². The lowest BCUT2D eigenvalue weighted by molar-refractivity contribution is -0.157. The number of aromatic amines is 1. The number of carbonyl (C=O) groups is 2. The van der Waals surface area contributed by atoms with Crippen LogP contribution in [0, 0.1) is 6.92 Å². The van der Waals surface area contributed by atoms with E-state index >= 15 is 0 Å². The number of aryl methyl sites for hydroxylation is 1. The van der Waals surface area contributed by atoms with Gasteiger partial charge in [0.2, 0.25) is 11.8 Å². The number of nitrogens with one attached hydrogen (secondary N) is 1. The molecule has 2 atom stereocenters. The molecule has 0 bridgehead atoms. The van der Waals surface area contributed by atoms with E-state index in [0.717, 1.165) is 27.7 Å². The van der Waals surface area contributed by atoms with Crippen molar-refractivity contribution in [2.24, 2.45) is 0 Å². The highest BCUT2D eigenvalue weighted by atomic mass is 16.2. The van der Waals surface area contributed by atoms with Crippen LogP contribution in [0.25, 0.3) is 10.9 Å². The molecule has 1 N–H and O–H groups in total. The molecule has 0 aliphatic carbocycles. The van der Waals surface area contributed by atoms with Crippen LogP contribution in [-0.2, 0) is 16.0 Å². The number of H-pyrrole nitrogens is 1. The third-order valence-electron chi connectivity index (χ3n) is 5.85. The average molecular weight is 359 g/mol. The Bertz CT molecular complexity index is 1070. The van der Waals surface area contributed by atoms with Crippen LogP contribution in [0.4, 0.5) is 0 Å². The first-order valence-corrected chi connectivity index (χ1v) is 9.27. The van der Waals surface area contributed by atoms with Gasteiger partial charge in [0.05, 0.1) is 12.6 Å². The molecular weight excluding hydrogens is 338 g/mol. The lowest BCUT2D eigenvalue weighted by Crippen LogP contribution is -2.62. The van der Waals surface area contributed by atoms with Gasteiger partial charge >= 0.3 is 0 Å². The predicted octanol–water partition coefficient (Wildman–Crippen LogP) is 2.79. The number of hydrogen-bond donors (Lipinski definition) is 1. The molecule has 5 heteroatoms. The van der Waals surface area contributed by atoms with Gasteiger partial charge in [-0.25, -0.2) is 0 Å². The maximum Gasteiger partial charge on any atom is 0.245 e. The number of rotatable bonds is 1. The first-order chi connectivity index (χ1) is 13.0. The van der Waals surface area contributed by atoms with Crippen LogP contribution in [0.3, 0.4) is 0 Å². The molecule has 5 rings (SSSR count). The molecule has 136 valence electrons. The molecular formula is C22H21N3O2. The zero-order valence-electron chi connectivity index (χ0n) is 15.4. The molecule has 2 aromatic carbocycles. The second kappa shape index (κ2) is 5.71. The van der Waals surface area contributed by atoms with Gasteiger partial charge in [-0.1, -0.05) is 48.0 Å². The van der Waals surface area contributed by atoms with Crippen LogP contribution in [0.2, 0.25) is 0 Å². The van der Waals surface area contributed by atoms with E-state index < -0.39 is 6.04 Å². The van der Waals surface area contributed by atoms with E-state index in [4.69, 9.17) is 0 Å². The fourth-order valence-electron chi connectivity index (χ4n) is 4.50. The van der Waals surface area contributed by atoms with E-state index in [1.165, 1.54) is 5.56 Å². The van der Waals surface area contributed by atoms with Crippen molar-refractivity contribution < 1.29 is 9.59 Å². The summed E-state index contributed by atoms with van der Waals surface area (Å²) in [7, 11) is 1.71. The Morgan fingerprint density at radius 2 is 1.78 bits per heavy atom. The van der Waals surface area contributed by atoms with Crippen LogP contribution in [-0.4, -0.2) is 46.2 Å². The summed E-state index contributed by atoms with van der Waals surface area (Å²) in [6, 6.07) is 15.7. The van der Waals surface area contributed by atoms with Crippen molar-refractivity contribution in [3.63, 3.8) is 0 Å². The highest BCUT2D eigenvalue weighted by molar-refractivity contribution is 5.97. The van der Waals surface area contributed by atoms with E-state index in [1.807, 2.05) is 19.1 Å². The third kappa shape index (κ3) is 2.31. The van der Waals surface area contributed by atoms with Gasteiger partial charge in [0.25, 0.3) is 0 Å². The minimum absolute atomic E-state index is 0.00280. The second-order valence-corrected chi connectivity index (χ2v) is 7.59. The highest BCUT2D eigenvalue weighted by Crippen LogP contribution is 2.42. The Morgan fingerprint density at radius 3 is 2.56 bits per heavy atom. The van der Waals surface area contributed by atoms with E-state index in [9.17, 15) is 9.59 Å². The number of carbonyl (C=O) groups excluding carboxylic acids is 2. The van der Waals surface area contributed by atoms with E-state index in [1.54, 1.807) is 16.8 Å². The average Bonchev–Trinajstić information content (AvgIpc) is 3.04. The Labute approximate surface area is 157 Å². The van der Waals surface area contributed by atoms with Crippen molar-refractivity contribution in [1.29, 1.82) is 0 Å². The van der Waals surface area contributed by atoms with Crippen molar-refractivity contribution >= 4 is 22.7 Å². The number of amides is 2. The van der Waals surface area contributed by atoms with Crippen LogP contribution < -0.4 is 0 Å². The van der Waals surface area contributed by atoms with Crippen LogP contribution in [0.15, 0.2) is 48.5 Å². The number of likely N-dealkylation sites (N-methyl/N-ethyl adjacent to an activating group) is 1. The van der Waals surface area contributed by atoms with Crippen molar-refractivity contribution in [2.75, 3.05) is 13.6 Å². The maximum atomic E-state index is 13.0. The van der Waals surface area contributed by atoms with Crippen molar-refractivity contribution in [3.05, 3.63) is 70.9 Å². The summed E-state index contributed by atoms with van der Waals surface area (Å²) in [5.74, 6) is 0.0135. The fraction of sp³-hybridized carbons (Fsp3) is 0.273. The lowest BCUT2D eigenvalue weighted by atomic mass is 9.86. The quantitative estimate of drug-likeness (QED) is 0.726. The van der Waals surface area contributed by atoms with Crippen LogP contribution >= 0.6 is 0 Å². The molecule has 1 saturated heterocycles. The Balaban J connectivity index is 1.76. The Hall–Kier alpha value is -3.08. The summed E-state index contributed by atoms with van der Waals surface area (Å²) in [4.78, 5) is 32.8. The molecule has 27 heavy (non-hydrogen) atoms. The molecule has 0 radical (unpaired) electrons. The molecule has 0 saturated carbocycles. The van der Waals surface area contributed by atoms with Crippen LogP contribution in [0.5, 0.6) is 0 Å². The number of para-hydroxylation sites is 1. The highest BCUT2D eigenvalue weighted by Gasteiger charge is 2.47. The second-order valence-electron chi connectivity index (χ2n) is 7.59. The molecule has 0 spiro atoms. The fourth-order valence-corrected chi connectivity index (χ4v) is 4.50. The Kier molecular flexibility index (Phi) is 3.41. The minimum Gasteiger partial charge on any atom is -0.356 e. The van der Waals surface area contributed by atoms with Gasteiger partial charge in [-0.3, -0.25) is 9.59 Å². The first kappa shape index (κ1) is 16.1. The number of aromatic nitrogens is 1. The third-order valence-corrected chi connectivity index (χ3v) is 5.85. The number of fused-ring (bicyclic) bond motifs is 4. The summed E-state index contributed by atoms with van der Waals surface area (Å²) in [5, 5.41) is 1.14. The normalized spacial score (nSPS) is 22.1. The van der Waals surface area contributed by atoms with Crippen molar-refractivity contribution in [1.82, 2.24) is 14.8 Å². The molecule has 0 unspecified atom stereocenters. The maximum absolute atomic E-state index is 13.0. The standard InChI is InChI=1S/C22H21N3O2/c1-13-7-9-14(10-8-13)21-20-16(15-5-3-4-6-17(15)23-20)11-18-22(27)24(2)12-19(26)25(18)21/h3-10,18,21,23H,11-12H2,1-2H3/t18-,21-/m0/s1. The zero-order chi connectivity index (χ0) is 18.7. The summed E-state index contributed by atoms with van der Waals surface area (Å²) in [6.45, 7) is 2.18. The molecule has 1 fully saturated rings. The predicted molar refractivity (Wildman–Crippen MR) is 103 cm³/mol. The van der Waals surface area contributed by atoms with Gasteiger partial charge < -0.3 is 14.8 Å². The van der Waals surface area contributed by atoms with Gasteiger partial charge in [-0.05, 0) is 24.1 Å². The zero-order valence-corrected chi connectivity index (χ0v) is 15.4. The summed E-state index contributed by atoms with van der Waals surface area (Å²) in [6.07, 6.45) is 0.552. The summed E-state index contributed by atoms with van der Waals surface area (Å²) < 4.78 is 0. The van der Waals surface area contributed by atoms with Crippen molar-refractivity contribution in [3.8, 4) is 0 Å². The lowest BCUT2D eigenvalue weighted by Gasteiger charge is -2.46. The van der Waals surface area contributed by atoms with Gasteiger partial charge in [0.15, 0.2) is 0 Å². The molecule has 2 amide bonds.